The molecule has 24 heavy (non-hydrogen) atoms. The zero-order chi connectivity index (χ0) is 17.9. The van der Waals surface area contributed by atoms with Crippen LogP contribution in [0.25, 0.3) is 0 Å². The molecule has 0 atom stereocenters. The molecule has 10 heteroatoms. The molecule has 124 valence electrons. The fourth-order valence-corrected chi connectivity index (χ4v) is 2.14. The second kappa shape index (κ2) is 6.92. The van der Waals surface area contributed by atoms with Crippen molar-refractivity contribution in [2.24, 2.45) is 0 Å². The Bertz CT molecular complexity index is 822. The summed E-state index contributed by atoms with van der Waals surface area (Å²) < 4.78 is 4.97. The van der Waals surface area contributed by atoms with Gasteiger partial charge < -0.3 is 10.1 Å². The number of carbonyl (C=O) groups is 1. The Morgan fingerprint density at radius 3 is 2.25 bits per heavy atom. The van der Waals surface area contributed by atoms with Crippen LogP contribution in [0.2, 0.25) is 5.02 Å². The molecule has 0 saturated carbocycles. The summed E-state index contributed by atoms with van der Waals surface area (Å²) >= 11 is 5.86. The lowest BCUT2D eigenvalue weighted by molar-refractivity contribution is -0.393. The Kier molecular flexibility index (Phi) is 4.95. The van der Waals surface area contributed by atoms with Gasteiger partial charge in [-0.1, -0.05) is 11.6 Å². The number of nitrogens with zero attached hydrogens (tertiary/aromatic N) is 2. The van der Waals surface area contributed by atoms with Crippen molar-refractivity contribution in [3.8, 4) is 5.75 Å². The number of nitrogens with one attached hydrogen (secondary N) is 1. The lowest BCUT2D eigenvalue weighted by Crippen LogP contribution is -2.13. The van der Waals surface area contributed by atoms with E-state index < -0.39 is 27.1 Å². The molecule has 0 saturated heterocycles. The molecule has 0 aliphatic rings. The van der Waals surface area contributed by atoms with Gasteiger partial charge in [0, 0.05) is 11.6 Å². The van der Waals surface area contributed by atoms with Crippen molar-refractivity contribution in [1.29, 1.82) is 0 Å². The van der Waals surface area contributed by atoms with Crippen LogP contribution in [0.3, 0.4) is 0 Å². The Morgan fingerprint density at radius 2 is 1.75 bits per heavy atom. The Labute approximate surface area is 140 Å². The zero-order valence-electron chi connectivity index (χ0n) is 12.2. The van der Waals surface area contributed by atoms with Crippen LogP contribution in [0.4, 0.5) is 17.1 Å². The van der Waals surface area contributed by atoms with E-state index in [1.807, 2.05) is 0 Å². The first-order valence-electron chi connectivity index (χ1n) is 6.41. The van der Waals surface area contributed by atoms with Crippen molar-refractivity contribution < 1.29 is 19.4 Å². The zero-order valence-corrected chi connectivity index (χ0v) is 12.9. The first-order valence-corrected chi connectivity index (χ1v) is 6.79. The van der Waals surface area contributed by atoms with Gasteiger partial charge in [0.15, 0.2) is 0 Å². The minimum absolute atomic E-state index is 0.208. The molecule has 1 N–H and O–H groups in total. The Morgan fingerprint density at radius 1 is 1.12 bits per heavy atom. The summed E-state index contributed by atoms with van der Waals surface area (Å²) in [6.07, 6.45) is 0. The molecule has 0 heterocycles. The summed E-state index contributed by atoms with van der Waals surface area (Å²) in [7, 11) is 1.47. The van der Waals surface area contributed by atoms with Gasteiger partial charge >= 0.3 is 5.69 Å². The SMILES string of the molecule is COc1ccc(C(=O)Nc2c(Cl)cc([N+](=O)[O-])cc2[N+](=O)[O-])cc1. The second-order valence-electron chi connectivity index (χ2n) is 4.52. The number of amides is 1. The highest BCUT2D eigenvalue weighted by molar-refractivity contribution is 6.34. The van der Waals surface area contributed by atoms with E-state index in [1.54, 1.807) is 12.1 Å². The van der Waals surface area contributed by atoms with E-state index in [9.17, 15) is 25.0 Å². The van der Waals surface area contributed by atoms with Gasteiger partial charge in [0.05, 0.1) is 28.0 Å². The molecule has 0 bridgehead atoms. The fraction of sp³-hybridized carbons (Fsp3) is 0.0714. The number of methoxy groups -OCH3 is 1. The number of anilines is 1. The molecule has 0 fully saturated rings. The van der Waals surface area contributed by atoms with E-state index in [4.69, 9.17) is 16.3 Å². The summed E-state index contributed by atoms with van der Waals surface area (Å²) in [4.78, 5) is 32.4. The Hall–Kier alpha value is -3.20. The van der Waals surface area contributed by atoms with Crippen molar-refractivity contribution in [2.45, 2.75) is 0 Å². The average molecular weight is 352 g/mol. The molecular formula is C14H10ClN3O6. The normalized spacial score (nSPS) is 10.1. The third-order valence-corrected chi connectivity index (χ3v) is 3.35. The number of carbonyl (C=O) groups excluding carboxylic acids is 1. The van der Waals surface area contributed by atoms with Crippen LogP contribution in [-0.2, 0) is 0 Å². The first kappa shape index (κ1) is 17.2. The van der Waals surface area contributed by atoms with Crippen LogP contribution >= 0.6 is 11.6 Å². The molecular weight excluding hydrogens is 342 g/mol. The van der Waals surface area contributed by atoms with Gasteiger partial charge in [0.25, 0.3) is 11.6 Å². The van der Waals surface area contributed by atoms with Crippen LogP contribution in [0.1, 0.15) is 10.4 Å². The number of ether oxygens (including phenoxy) is 1. The maximum atomic E-state index is 12.2. The molecule has 1 amide bonds. The van der Waals surface area contributed by atoms with Crippen molar-refractivity contribution >= 4 is 34.6 Å². The molecule has 2 aromatic carbocycles. The van der Waals surface area contributed by atoms with Gasteiger partial charge in [-0.3, -0.25) is 25.0 Å². The summed E-state index contributed by atoms with van der Waals surface area (Å²) in [6.45, 7) is 0. The van der Waals surface area contributed by atoms with E-state index in [0.29, 0.717) is 5.75 Å². The van der Waals surface area contributed by atoms with E-state index in [2.05, 4.69) is 5.32 Å². The molecule has 0 aliphatic carbocycles. The average Bonchev–Trinajstić information content (AvgIpc) is 2.55. The second-order valence-corrected chi connectivity index (χ2v) is 4.93. The lowest BCUT2D eigenvalue weighted by atomic mass is 10.2. The highest BCUT2D eigenvalue weighted by atomic mass is 35.5. The third kappa shape index (κ3) is 3.58. The number of nitro groups is 2. The molecule has 0 aromatic heterocycles. The summed E-state index contributed by atoms with van der Waals surface area (Å²) in [5.41, 5.74) is -1.32. The van der Waals surface area contributed by atoms with Crippen molar-refractivity contribution in [3.63, 3.8) is 0 Å². The van der Waals surface area contributed by atoms with Crippen LogP contribution in [0, 0.1) is 20.2 Å². The monoisotopic (exact) mass is 351 g/mol. The summed E-state index contributed by atoms with van der Waals surface area (Å²) in [6, 6.07) is 7.66. The van der Waals surface area contributed by atoms with Crippen molar-refractivity contribution in [3.05, 3.63) is 67.2 Å². The number of benzene rings is 2. The predicted octanol–water partition coefficient (Wildman–Crippen LogP) is 3.42. The maximum absolute atomic E-state index is 12.2. The van der Waals surface area contributed by atoms with Gasteiger partial charge in [-0.15, -0.1) is 0 Å². The summed E-state index contributed by atoms with van der Waals surface area (Å²) in [5.74, 6) is -0.123. The highest BCUT2D eigenvalue weighted by Crippen LogP contribution is 2.36. The van der Waals surface area contributed by atoms with Gasteiger partial charge in [0.2, 0.25) is 0 Å². The van der Waals surface area contributed by atoms with E-state index in [0.717, 1.165) is 12.1 Å². The standard InChI is InChI=1S/C14H10ClN3O6/c1-24-10-4-2-8(3-5-10)14(19)16-13-11(15)6-9(17(20)21)7-12(13)18(22)23/h2-7H,1H3,(H,16,19). The predicted molar refractivity (Wildman–Crippen MR) is 85.7 cm³/mol. The quantitative estimate of drug-likeness (QED) is 0.650. The van der Waals surface area contributed by atoms with E-state index in [-0.39, 0.29) is 16.3 Å². The van der Waals surface area contributed by atoms with Gasteiger partial charge in [0.1, 0.15) is 11.4 Å². The number of hydrogen-bond acceptors (Lipinski definition) is 6. The van der Waals surface area contributed by atoms with Crippen LogP contribution in [0.15, 0.2) is 36.4 Å². The number of nitro benzene ring substituents is 2. The fourth-order valence-electron chi connectivity index (χ4n) is 1.88. The lowest BCUT2D eigenvalue weighted by Gasteiger charge is -2.08. The van der Waals surface area contributed by atoms with Gasteiger partial charge in [-0.25, -0.2) is 0 Å². The number of halogens is 1. The van der Waals surface area contributed by atoms with Gasteiger partial charge in [-0.05, 0) is 24.3 Å². The van der Waals surface area contributed by atoms with Crippen molar-refractivity contribution in [1.82, 2.24) is 0 Å². The number of hydrogen-bond donors (Lipinski definition) is 1. The maximum Gasteiger partial charge on any atom is 0.301 e. The van der Waals surface area contributed by atoms with Crippen LogP contribution in [0.5, 0.6) is 5.75 Å². The molecule has 0 unspecified atom stereocenters. The van der Waals surface area contributed by atoms with Crippen LogP contribution in [-0.4, -0.2) is 22.9 Å². The minimum Gasteiger partial charge on any atom is -0.497 e. The highest BCUT2D eigenvalue weighted by Gasteiger charge is 2.25. The molecule has 2 rings (SSSR count). The van der Waals surface area contributed by atoms with E-state index in [1.165, 1.54) is 19.2 Å². The number of rotatable bonds is 5. The van der Waals surface area contributed by atoms with Crippen LogP contribution < -0.4 is 10.1 Å². The first-order chi connectivity index (χ1) is 11.3. The Balaban J connectivity index is 2.38. The molecule has 2 aromatic rings. The molecule has 0 spiro atoms. The molecule has 9 nitrogen and oxygen atoms in total. The topological polar surface area (TPSA) is 125 Å². The molecule has 0 aliphatic heterocycles. The minimum atomic E-state index is -0.859. The van der Waals surface area contributed by atoms with Crippen molar-refractivity contribution in [2.75, 3.05) is 12.4 Å². The molecule has 0 radical (unpaired) electrons. The van der Waals surface area contributed by atoms with E-state index >= 15 is 0 Å². The summed E-state index contributed by atoms with van der Waals surface area (Å²) in [5, 5.41) is 23.9. The third-order valence-electron chi connectivity index (χ3n) is 3.05. The number of non-ortho nitro benzene ring substituents is 1. The smallest absolute Gasteiger partial charge is 0.301 e. The largest absolute Gasteiger partial charge is 0.497 e. The van der Waals surface area contributed by atoms with Gasteiger partial charge in [-0.2, -0.15) is 0 Å².